The van der Waals surface area contributed by atoms with E-state index in [2.05, 4.69) is 23.9 Å². The minimum atomic E-state index is -3.34. The fourth-order valence-corrected chi connectivity index (χ4v) is 3.07. The van der Waals surface area contributed by atoms with Crippen LogP contribution in [-0.2, 0) is 10.0 Å². The number of benzene rings is 1. The Morgan fingerprint density at radius 3 is 2.45 bits per heavy atom. The molecule has 20 heavy (non-hydrogen) atoms. The fraction of sp³-hybridized carbons (Fsp3) is 0.538. The maximum Gasteiger partial charge on any atom is 0.232 e. The standard InChI is InChI=1S/C13H20Cl2N2O2S/c1-10(2)16-7-3-4-8-20(18,19)17-11-5-6-12(14)13(15)9-11/h5-6,9-10,16-17H,3-4,7-8H2,1-2H3. The normalized spacial score (nSPS) is 11.8. The molecule has 0 unspecified atom stereocenters. The van der Waals surface area contributed by atoms with Crippen molar-refractivity contribution in [2.45, 2.75) is 32.7 Å². The van der Waals surface area contributed by atoms with Crippen molar-refractivity contribution in [3.8, 4) is 0 Å². The average Bonchev–Trinajstić information content (AvgIpc) is 2.32. The zero-order valence-corrected chi connectivity index (χ0v) is 13.9. The molecule has 0 aliphatic heterocycles. The predicted molar refractivity (Wildman–Crippen MR) is 86.2 cm³/mol. The van der Waals surface area contributed by atoms with Gasteiger partial charge in [-0.05, 0) is 37.6 Å². The van der Waals surface area contributed by atoms with Crippen molar-refractivity contribution in [2.75, 3.05) is 17.0 Å². The first kappa shape index (κ1) is 17.6. The number of rotatable bonds is 8. The van der Waals surface area contributed by atoms with Crippen LogP contribution in [0.15, 0.2) is 18.2 Å². The van der Waals surface area contributed by atoms with Crippen LogP contribution in [0.5, 0.6) is 0 Å². The molecule has 0 amide bonds. The Morgan fingerprint density at radius 2 is 1.85 bits per heavy atom. The van der Waals surface area contributed by atoms with Crippen LogP contribution in [0.2, 0.25) is 10.0 Å². The molecule has 0 heterocycles. The van der Waals surface area contributed by atoms with Crippen molar-refractivity contribution >= 4 is 38.9 Å². The molecule has 0 aliphatic rings. The first-order valence-electron chi connectivity index (χ1n) is 6.49. The SMILES string of the molecule is CC(C)NCCCCS(=O)(=O)Nc1ccc(Cl)c(Cl)c1. The van der Waals surface area contributed by atoms with Gasteiger partial charge in [-0.3, -0.25) is 4.72 Å². The molecule has 2 N–H and O–H groups in total. The molecule has 1 aromatic carbocycles. The first-order chi connectivity index (χ1) is 9.30. The van der Waals surface area contributed by atoms with Crippen LogP contribution in [0.3, 0.4) is 0 Å². The average molecular weight is 339 g/mol. The predicted octanol–water partition coefficient (Wildman–Crippen LogP) is 3.51. The summed E-state index contributed by atoms with van der Waals surface area (Å²) in [5.41, 5.74) is 0.430. The lowest BCUT2D eigenvalue weighted by Gasteiger charge is -2.10. The van der Waals surface area contributed by atoms with Crippen molar-refractivity contribution in [1.29, 1.82) is 0 Å². The van der Waals surface area contributed by atoms with Crippen LogP contribution in [0, 0.1) is 0 Å². The molecule has 7 heteroatoms. The van der Waals surface area contributed by atoms with E-state index in [0.717, 1.165) is 13.0 Å². The Balaban J connectivity index is 2.43. The Labute approximate surface area is 130 Å². The van der Waals surface area contributed by atoms with Gasteiger partial charge >= 0.3 is 0 Å². The molecule has 0 spiro atoms. The van der Waals surface area contributed by atoms with Crippen LogP contribution in [-0.4, -0.2) is 26.8 Å². The number of unbranched alkanes of at least 4 members (excludes halogenated alkanes) is 1. The van der Waals surface area contributed by atoms with Gasteiger partial charge in [0.1, 0.15) is 0 Å². The van der Waals surface area contributed by atoms with Gasteiger partial charge < -0.3 is 5.32 Å². The van der Waals surface area contributed by atoms with Crippen molar-refractivity contribution in [3.63, 3.8) is 0 Å². The molecule has 0 aromatic heterocycles. The second-order valence-corrected chi connectivity index (χ2v) is 7.52. The quantitative estimate of drug-likeness (QED) is 0.713. The van der Waals surface area contributed by atoms with Crippen LogP contribution in [0.25, 0.3) is 0 Å². The van der Waals surface area contributed by atoms with Crippen LogP contribution < -0.4 is 10.0 Å². The highest BCUT2D eigenvalue weighted by Gasteiger charge is 2.11. The lowest BCUT2D eigenvalue weighted by atomic mass is 10.3. The van der Waals surface area contributed by atoms with Gasteiger partial charge in [-0.2, -0.15) is 0 Å². The molecule has 0 saturated heterocycles. The Hall–Kier alpha value is -0.490. The summed E-state index contributed by atoms with van der Waals surface area (Å²) < 4.78 is 26.3. The van der Waals surface area contributed by atoms with E-state index in [9.17, 15) is 8.42 Å². The summed E-state index contributed by atoms with van der Waals surface area (Å²) in [6.45, 7) is 4.94. The van der Waals surface area contributed by atoms with Gasteiger partial charge in [-0.25, -0.2) is 8.42 Å². The number of hydrogen-bond donors (Lipinski definition) is 2. The van der Waals surface area contributed by atoms with Gasteiger partial charge in [0, 0.05) is 6.04 Å². The largest absolute Gasteiger partial charge is 0.315 e. The van der Waals surface area contributed by atoms with E-state index in [-0.39, 0.29) is 5.75 Å². The summed E-state index contributed by atoms with van der Waals surface area (Å²) in [7, 11) is -3.34. The highest BCUT2D eigenvalue weighted by atomic mass is 35.5. The Bertz CT molecular complexity index is 533. The summed E-state index contributed by atoms with van der Waals surface area (Å²) >= 11 is 11.6. The van der Waals surface area contributed by atoms with Crippen LogP contribution in [0.1, 0.15) is 26.7 Å². The smallest absolute Gasteiger partial charge is 0.232 e. The monoisotopic (exact) mass is 338 g/mol. The van der Waals surface area contributed by atoms with Crippen molar-refractivity contribution in [2.24, 2.45) is 0 Å². The van der Waals surface area contributed by atoms with E-state index < -0.39 is 10.0 Å². The van der Waals surface area contributed by atoms with E-state index >= 15 is 0 Å². The molecule has 4 nitrogen and oxygen atoms in total. The molecule has 0 aliphatic carbocycles. The zero-order valence-electron chi connectivity index (χ0n) is 11.6. The summed E-state index contributed by atoms with van der Waals surface area (Å²) in [6, 6.07) is 5.07. The summed E-state index contributed by atoms with van der Waals surface area (Å²) in [6.07, 6.45) is 1.43. The number of halogens is 2. The molecule has 114 valence electrons. The van der Waals surface area contributed by atoms with Crippen molar-refractivity contribution in [1.82, 2.24) is 5.32 Å². The third-order valence-corrected chi connectivity index (χ3v) is 4.70. The second-order valence-electron chi connectivity index (χ2n) is 4.87. The maximum absolute atomic E-state index is 11.9. The molecule has 1 aromatic rings. The van der Waals surface area contributed by atoms with E-state index in [1.165, 1.54) is 6.07 Å². The number of nitrogens with one attached hydrogen (secondary N) is 2. The topological polar surface area (TPSA) is 58.2 Å². The van der Waals surface area contributed by atoms with E-state index in [0.29, 0.717) is 28.2 Å². The minimum absolute atomic E-state index is 0.0903. The van der Waals surface area contributed by atoms with Gasteiger partial charge in [0.05, 0.1) is 21.5 Å². The van der Waals surface area contributed by atoms with E-state index in [1.54, 1.807) is 12.1 Å². The molecule has 0 bridgehead atoms. The van der Waals surface area contributed by atoms with Gasteiger partial charge in [0.25, 0.3) is 0 Å². The maximum atomic E-state index is 11.9. The lowest BCUT2D eigenvalue weighted by molar-refractivity contribution is 0.561. The molecule has 0 fully saturated rings. The Morgan fingerprint density at radius 1 is 1.15 bits per heavy atom. The molecule has 0 radical (unpaired) electrons. The zero-order chi connectivity index (χ0) is 15.2. The molecule has 1 rings (SSSR count). The third kappa shape index (κ3) is 6.79. The van der Waals surface area contributed by atoms with Crippen molar-refractivity contribution < 1.29 is 8.42 Å². The van der Waals surface area contributed by atoms with Crippen LogP contribution in [0.4, 0.5) is 5.69 Å². The number of anilines is 1. The van der Waals surface area contributed by atoms with E-state index in [1.807, 2.05) is 0 Å². The third-order valence-electron chi connectivity index (χ3n) is 2.59. The first-order valence-corrected chi connectivity index (χ1v) is 8.90. The molecular weight excluding hydrogens is 319 g/mol. The molecule has 0 saturated carbocycles. The fourth-order valence-electron chi connectivity index (χ4n) is 1.60. The van der Waals surface area contributed by atoms with Crippen LogP contribution >= 0.6 is 23.2 Å². The molecular formula is C13H20Cl2N2O2S. The van der Waals surface area contributed by atoms with E-state index in [4.69, 9.17) is 23.2 Å². The highest BCUT2D eigenvalue weighted by Crippen LogP contribution is 2.25. The minimum Gasteiger partial charge on any atom is -0.315 e. The Kier molecular flexibility index (Phi) is 7.09. The summed E-state index contributed by atoms with van der Waals surface area (Å²) in [5, 5.41) is 3.97. The molecule has 0 atom stereocenters. The lowest BCUT2D eigenvalue weighted by Crippen LogP contribution is -2.24. The number of sulfonamides is 1. The van der Waals surface area contributed by atoms with Gasteiger partial charge in [0.15, 0.2) is 0 Å². The number of hydrogen-bond acceptors (Lipinski definition) is 3. The highest BCUT2D eigenvalue weighted by molar-refractivity contribution is 7.92. The van der Waals surface area contributed by atoms with Gasteiger partial charge in [0.2, 0.25) is 10.0 Å². The summed E-state index contributed by atoms with van der Waals surface area (Å²) in [5.74, 6) is 0.0903. The van der Waals surface area contributed by atoms with Gasteiger partial charge in [-0.15, -0.1) is 0 Å². The summed E-state index contributed by atoms with van der Waals surface area (Å²) in [4.78, 5) is 0. The van der Waals surface area contributed by atoms with Crippen molar-refractivity contribution in [3.05, 3.63) is 28.2 Å². The van der Waals surface area contributed by atoms with Gasteiger partial charge in [-0.1, -0.05) is 37.0 Å². The second kappa shape index (κ2) is 8.08.